The second kappa shape index (κ2) is 5.37. The molecule has 0 spiro atoms. The van der Waals surface area contributed by atoms with Gasteiger partial charge in [-0.3, -0.25) is 10.1 Å². The molecule has 1 N–H and O–H groups in total. The van der Waals surface area contributed by atoms with Crippen LogP contribution in [-0.2, 0) is 9.53 Å². The normalized spacial score (nSPS) is 18.9. The molecule has 1 aliphatic heterocycles. The van der Waals surface area contributed by atoms with Crippen LogP contribution in [0, 0.1) is 0 Å². The molecule has 0 fully saturated rings. The summed E-state index contributed by atoms with van der Waals surface area (Å²) >= 11 is 1.88. The third kappa shape index (κ3) is 2.57. The number of nitrogens with one attached hydrogen (secondary N) is 1. The van der Waals surface area contributed by atoms with Crippen molar-refractivity contribution in [2.24, 2.45) is 0 Å². The molecule has 0 amide bonds. The smallest absolute Gasteiger partial charge is 0.319 e. The van der Waals surface area contributed by atoms with Gasteiger partial charge in [-0.05, 0) is 23.8 Å². The van der Waals surface area contributed by atoms with Crippen molar-refractivity contribution >= 4 is 17.7 Å². The molecule has 0 saturated carbocycles. The first kappa shape index (κ1) is 11.5. The lowest BCUT2D eigenvalue weighted by atomic mass is 10.0. The van der Waals surface area contributed by atoms with Gasteiger partial charge in [0.2, 0.25) is 0 Å². The van der Waals surface area contributed by atoms with Crippen molar-refractivity contribution in [3.63, 3.8) is 0 Å². The van der Waals surface area contributed by atoms with Gasteiger partial charge < -0.3 is 4.74 Å². The minimum Gasteiger partial charge on any atom is -0.468 e. The molecule has 1 aliphatic rings. The van der Waals surface area contributed by atoms with Crippen LogP contribution in [0.15, 0.2) is 29.2 Å². The van der Waals surface area contributed by atoms with Crippen LogP contribution in [0.5, 0.6) is 0 Å². The van der Waals surface area contributed by atoms with E-state index in [-0.39, 0.29) is 18.6 Å². The van der Waals surface area contributed by atoms with Gasteiger partial charge in [0, 0.05) is 10.9 Å². The van der Waals surface area contributed by atoms with Crippen molar-refractivity contribution in [2.75, 3.05) is 19.4 Å². The van der Waals surface area contributed by atoms with E-state index in [1.165, 1.54) is 17.6 Å². The van der Waals surface area contributed by atoms with Gasteiger partial charge in [-0.1, -0.05) is 18.2 Å². The third-order valence-corrected chi connectivity index (χ3v) is 3.80. The number of thioether (sulfide) groups is 1. The first-order valence-electron chi connectivity index (χ1n) is 5.33. The second-order valence-electron chi connectivity index (χ2n) is 3.68. The summed E-state index contributed by atoms with van der Waals surface area (Å²) < 4.78 is 4.62. The molecule has 0 radical (unpaired) electrons. The number of rotatable bonds is 3. The summed E-state index contributed by atoms with van der Waals surface area (Å²) in [5, 5.41) is 3.24. The van der Waals surface area contributed by atoms with Crippen molar-refractivity contribution < 1.29 is 9.53 Å². The van der Waals surface area contributed by atoms with Crippen LogP contribution in [-0.4, -0.2) is 25.4 Å². The lowest BCUT2D eigenvalue weighted by Gasteiger charge is -2.25. The van der Waals surface area contributed by atoms with Crippen molar-refractivity contribution in [3.8, 4) is 0 Å². The number of fused-ring (bicyclic) bond motifs is 1. The van der Waals surface area contributed by atoms with Crippen LogP contribution in [0.4, 0.5) is 0 Å². The van der Waals surface area contributed by atoms with Gasteiger partial charge in [0.05, 0.1) is 13.7 Å². The molecule has 86 valence electrons. The first-order valence-corrected chi connectivity index (χ1v) is 6.31. The highest BCUT2D eigenvalue weighted by molar-refractivity contribution is 7.99. The average molecular weight is 237 g/mol. The maximum atomic E-state index is 11.1. The Bertz CT molecular complexity index is 381. The van der Waals surface area contributed by atoms with Crippen molar-refractivity contribution in [1.29, 1.82) is 0 Å². The van der Waals surface area contributed by atoms with Gasteiger partial charge in [0.15, 0.2) is 0 Å². The van der Waals surface area contributed by atoms with Gasteiger partial charge in [-0.2, -0.15) is 0 Å². The lowest BCUT2D eigenvalue weighted by molar-refractivity contribution is -0.139. The predicted molar refractivity (Wildman–Crippen MR) is 64.5 cm³/mol. The van der Waals surface area contributed by atoms with E-state index in [4.69, 9.17) is 0 Å². The molecule has 0 aromatic heterocycles. The molecule has 3 nitrogen and oxygen atoms in total. The molecule has 16 heavy (non-hydrogen) atoms. The van der Waals surface area contributed by atoms with Crippen LogP contribution in [0.2, 0.25) is 0 Å². The van der Waals surface area contributed by atoms with Crippen LogP contribution < -0.4 is 5.32 Å². The molecule has 1 atom stereocenters. The Balaban J connectivity index is 2.04. The standard InChI is InChI=1S/C12H15NO2S/c1-15-12(14)8-13-10-6-7-16-11-5-3-2-4-9(10)11/h2-5,10,13H,6-8H2,1H3. The van der Waals surface area contributed by atoms with E-state index in [0.717, 1.165) is 12.2 Å². The Morgan fingerprint density at radius 3 is 3.19 bits per heavy atom. The number of carbonyl (C=O) groups is 1. The first-order chi connectivity index (χ1) is 7.81. The number of benzene rings is 1. The summed E-state index contributed by atoms with van der Waals surface area (Å²) in [5.74, 6) is 0.881. The molecule has 0 bridgehead atoms. The Morgan fingerprint density at radius 1 is 1.56 bits per heavy atom. The van der Waals surface area contributed by atoms with E-state index in [9.17, 15) is 4.79 Å². The monoisotopic (exact) mass is 237 g/mol. The van der Waals surface area contributed by atoms with Crippen molar-refractivity contribution in [3.05, 3.63) is 29.8 Å². The molecular formula is C12H15NO2S. The second-order valence-corrected chi connectivity index (χ2v) is 4.82. The fourth-order valence-electron chi connectivity index (χ4n) is 1.83. The summed E-state index contributed by atoms with van der Waals surface area (Å²) in [6, 6.07) is 8.62. The number of esters is 1. The van der Waals surface area contributed by atoms with E-state index in [2.05, 4.69) is 28.3 Å². The molecule has 4 heteroatoms. The number of hydrogen-bond acceptors (Lipinski definition) is 4. The topological polar surface area (TPSA) is 38.3 Å². The molecule has 0 saturated heterocycles. The molecule has 2 rings (SSSR count). The van der Waals surface area contributed by atoms with E-state index in [0.29, 0.717) is 0 Å². The van der Waals surface area contributed by atoms with Gasteiger partial charge in [0.1, 0.15) is 0 Å². The molecule has 1 unspecified atom stereocenters. The number of ether oxygens (including phenoxy) is 1. The fourth-order valence-corrected chi connectivity index (χ4v) is 2.96. The number of carbonyl (C=O) groups excluding carboxylic acids is 1. The van der Waals surface area contributed by atoms with E-state index >= 15 is 0 Å². The van der Waals surface area contributed by atoms with Gasteiger partial charge in [-0.15, -0.1) is 11.8 Å². The summed E-state index contributed by atoms with van der Waals surface area (Å²) in [4.78, 5) is 12.4. The predicted octanol–water partition coefficient (Wildman–Crippen LogP) is 1.99. The minimum absolute atomic E-state index is 0.212. The van der Waals surface area contributed by atoms with Gasteiger partial charge >= 0.3 is 5.97 Å². The van der Waals surface area contributed by atoms with E-state index in [1.54, 1.807) is 0 Å². The maximum Gasteiger partial charge on any atom is 0.319 e. The summed E-state index contributed by atoms with van der Waals surface area (Å²) in [5.41, 5.74) is 1.29. The lowest BCUT2D eigenvalue weighted by Crippen LogP contribution is -2.30. The maximum absolute atomic E-state index is 11.1. The molecule has 1 aromatic rings. The van der Waals surface area contributed by atoms with Crippen LogP contribution in [0.3, 0.4) is 0 Å². The van der Waals surface area contributed by atoms with Gasteiger partial charge in [-0.25, -0.2) is 0 Å². The SMILES string of the molecule is COC(=O)CNC1CCSc2ccccc21. The quantitative estimate of drug-likeness (QED) is 0.816. The Morgan fingerprint density at radius 2 is 2.38 bits per heavy atom. The van der Waals surface area contributed by atoms with Gasteiger partial charge in [0.25, 0.3) is 0 Å². The number of hydrogen-bond donors (Lipinski definition) is 1. The van der Waals surface area contributed by atoms with E-state index < -0.39 is 0 Å². The van der Waals surface area contributed by atoms with E-state index in [1.807, 2.05) is 17.8 Å². The van der Waals surface area contributed by atoms with Crippen LogP contribution >= 0.6 is 11.8 Å². The Kier molecular flexibility index (Phi) is 3.85. The fraction of sp³-hybridized carbons (Fsp3) is 0.417. The summed E-state index contributed by atoms with van der Waals surface area (Å²) in [7, 11) is 1.41. The highest BCUT2D eigenvalue weighted by Gasteiger charge is 2.20. The van der Waals surface area contributed by atoms with Crippen LogP contribution in [0.25, 0.3) is 0 Å². The summed E-state index contributed by atoms with van der Waals surface area (Å²) in [6.45, 7) is 0.278. The molecule has 1 aromatic carbocycles. The number of methoxy groups -OCH3 is 1. The van der Waals surface area contributed by atoms with Crippen LogP contribution in [0.1, 0.15) is 18.0 Å². The average Bonchev–Trinajstić information content (AvgIpc) is 2.35. The molecule has 1 heterocycles. The summed E-state index contributed by atoms with van der Waals surface area (Å²) in [6.07, 6.45) is 1.05. The zero-order valence-electron chi connectivity index (χ0n) is 9.23. The third-order valence-electron chi connectivity index (χ3n) is 2.68. The highest BCUT2D eigenvalue weighted by Crippen LogP contribution is 2.35. The van der Waals surface area contributed by atoms with Crippen molar-refractivity contribution in [1.82, 2.24) is 5.32 Å². The Labute approximate surface area is 99.6 Å². The largest absolute Gasteiger partial charge is 0.468 e. The molecule has 0 aliphatic carbocycles. The highest BCUT2D eigenvalue weighted by atomic mass is 32.2. The van der Waals surface area contributed by atoms with Crippen molar-refractivity contribution in [2.45, 2.75) is 17.4 Å². The molecular weight excluding hydrogens is 222 g/mol. The Hall–Kier alpha value is -1.00. The zero-order chi connectivity index (χ0) is 11.4. The zero-order valence-corrected chi connectivity index (χ0v) is 10.0. The minimum atomic E-state index is -0.212.